The molecular formula is C36H26O6. The third-order valence-electron chi connectivity index (χ3n) is 7.95. The molecule has 0 saturated heterocycles. The fourth-order valence-electron chi connectivity index (χ4n) is 5.94. The number of esters is 1. The number of benzene rings is 6. The van der Waals surface area contributed by atoms with E-state index in [0.717, 1.165) is 60.7 Å². The van der Waals surface area contributed by atoms with Gasteiger partial charge in [-0.1, -0.05) is 42.5 Å². The molecule has 0 saturated carbocycles. The number of fused-ring (bicyclic) bond motifs is 2. The van der Waals surface area contributed by atoms with Crippen LogP contribution in [0.2, 0.25) is 0 Å². The Balaban J connectivity index is 1.65. The van der Waals surface area contributed by atoms with Gasteiger partial charge in [0.2, 0.25) is 0 Å². The number of rotatable bonds is 5. The van der Waals surface area contributed by atoms with Gasteiger partial charge in [-0.05, 0) is 105 Å². The smallest absolute Gasteiger partial charge is 0.339 e. The molecule has 0 unspecified atom stereocenters. The van der Waals surface area contributed by atoms with E-state index in [1.165, 1.54) is 0 Å². The van der Waals surface area contributed by atoms with Crippen LogP contribution in [0, 0.1) is 0 Å². The first-order chi connectivity index (χ1) is 20.4. The first kappa shape index (κ1) is 25.5. The summed E-state index contributed by atoms with van der Waals surface area (Å²) in [5.74, 6) is 1.29. The van der Waals surface area contributed by atoms with Crippen LogP contribution in [0.3, 0.4) is 0 Å². The minimum Gasteiger partial charge on any atom is -0.508 e. The van der Waals surface area contributed by atoms with Crippen molar-refractivity contribution in [3.63, 3.8) is 0 Å². The molecule has 6 nitrogen and oxygen atoms in total. The predicted molar refractivity (Wildman–Crippen MR) is 162 cm³/mol. The van der Waals surface area contributed by atoms with Gasteiger partial charge in [0.25, 0.3) is 0 Å². The van der Waals surface area contributed by atoms with Crippen LogP contribution in [0.15, 0.2) is 103 Å². The Morgan fingerprint density at radius 3 is 1.90 bits per heavy atom. The molecule has 1 heterocycles. The van der Waals surface area contributed by atoms with Gasteiger partial charge in [0, 0.05) is 10.9 Å². The van der Waals surface area contributed by atoms with E-state index in [1.807, 2.05) is 60.7 Å². The van der Waals surface area contributed by atoms with Crippen LogP contribution in [-0.2, 0) is 4.74 Å². The summed E-state index contributed by atoms with van der Waals surface area (Å²) in [6.45, 7) is 0. The highest BCUT2D eigenvalue weighted by Gasteiger charge is 2.34. The van der Waals surface area contributed by atoms with Crippen LogP contribution in [0.1, 0.15) is 27.6 Å². The number of hydrogen-bond donors (Lipinski definition) is 2. The van der Waals surface area contributed by atoms with E-state index in [2.05, 4.69) is 6.07 Å². The van der Waals surface area contributed by atoms with Crippen molar-refractivity contribution in [2.75, 3.05) is 14.2 Å². The molecule has 2 N–H and O–H groups in total. The second-order valence-corrected chi connectivity index (χ2v) is 10.3. The summed E-state index contributed by atoms with van der Waals surface area (Å²) in [6, 6.07) is 31.5. The van der Waals surface area contributed by atoms with Gasteiger partial charge in [-0.2, -0.15) is 0 Å². The minimum atomic E-state index is -0.702. The first-order valence-electron chi connectivity index (χ1n) is 13.5. The predicted octanol–water partition coefficient (Wildman–Crippen LogP) is 8.02. The van der Waals surface area contributed by atoms with Crippen LogP contribution in [0.4, 0.5) is 0 Å². The van der Waals surface area contributed by atoms with Crippen LogP contribution in [0.5, 0.6) is 23.0 Å². The van der Waals surface area contributed by atoms with E-state index in [1.54, 1.807) is 50.6 Å². The number of ether oxygens (including phenoxy) is 3. The Hall–Kier alpha value is -5.49. The minimum absolute atomic E-state index is 0.131. The van der Waals surface area contributed by atoms with E-state index in [0.29, 0.717) is 11.3 Å². The number of hydrogen-bond acceptors (Lipinski definition) is 6. The van der Waals surface area contributed by atoms with Gasteiger partial charge in [-0.3, -0.25) is 0 Å². The van der Waals surface area contributed by atoms with Gasteiger partial charge in [0.15, 0.2) is 6.10 Å². The molecule has 0 fully saturated rings. The maximum Gasteiger partial charge on any atom is 0.339 e. The van der Waals surface area contributed by atoms with Gasteiger partial charge in [0.05, 0.1) is 19.8 Å². The molecule has 42 heavy (non-hydrogen) atoms. The second kappa shape index (κ2) is 9.85. The van der Waals surface area contributed by atoms with E-state index in [-0.39, 0.29) is 11.5 Å². The number of phenolic OH excluding ortho intramolecular Hbond substituents is 2. The molecule has 1 aliphatic rings. The summed E-state index contributed by atoms with van der Waals surface area (Å²) >= 11 is 0. The van der Waals surface area contributed by atoms with E-state index in [4.69, 9.17) is 14.2 Å². The molecule has 1 aliphatic heterocycles. The number of cyclic esters (lactones) is 1. The summed E-state index contributed by atoms with van der Waals surface area (Å²) < 4.78 is 17.3. The van der Waals surface area contributed by atoms with Crippen molar-refractivity contribution in [3.05, 3.63) is 120 Å². The highest BCUT2D eigenvalue weighted by Crippen LogP contribution is 2.49. The number of methoxy groups -OCH3 is 2. The molecule has 0 radical (unpaired) electrons. The average Bonchev–Trinajstić information content (AvgIpc) is 3.02. The Morgan fingerprint density at radius 2 is 1.24 bits per heavy atom. The molecule has 6 aromatic carbocycles. The lowest BCUT2D eigenvalue weighted by Crippen LogP contribution is -2.20. The van der Waals surface area contributed by atoms with Gasteiger partial charge in [-0.25, -0.2) is 4.79 Å². The molecule has 0 spiro atoms. The summed E-state index contributed by atoms with van der Waals surface area (Å²) in [7, 11) is 3.27. The third kappa shape index (κ3) is 4.08. The first-order valence-corrected chi connectivity index (χ1v) is 13.5. The van der Waals surface area contributed by atoms with Crippen LogP contribution in [0.25, 0.3) is 43.8 Å². The van der Waals surface area contributed by atoms with Crippen molar-refractivity contribution in [3.8, 4) is 45.3 Å². The maximum atomic E-state index is 13.8. The molecule has 0 amide bonds. The quantitative estimate of drug-likeness (QED) is 0.166. The summed E-state index contributed by atoms with van der Waals surface area (Å²) in [5.41, 5.74) is 5.68. The van der Waals surface area contributed by atoms with E-state index >= 15 is 0 Å². The molecule has 0 bridgehead atoms. The highest BCUT2D eigenvalue weighted by molar-refractivity contribution is 6.22. The van der Waals surface area contributed by atoms with Crippen LogP contribution in [-0.4, -0.2) is 30.4 Å². The van der Waals surface area contributed by atoms with Gasteiger partial charge in [0.1, 0.15) is 23.0 Å². The number of aromatic hydroxyl groups is 2. The molecule has 206 valence electrons. The Bertz CT molecular complexity index is 1990. The van der Waals surface area contributed by atoms with Crippen molar-refractivity contribution in [2.45, 2.75) is 6.10 Å². The highest BCUT2D eigenvalue weighted by atomic mass is 16.5. The zero-order valence-corrected chi connectivity index (χ0v) is 22.9. The Labute approximate surface area is 242 Å². The van der Waals surface area contributed by atoms with Crippen LogP contribution >= 0.6 is 0 Å². The molecule has 6 heteroatoms. The average molecular weight is 555 g/mol. The van der Waals surface area contributed by atoms with Gasteiger partial charge in [-0.15, -0.1) is 0 Å². The Morgan fingerprint density at radius 1 is 0.619 bits per heavy atom. The lowest BCUT2D eigenvalue weighted by Gasteiger charge is -2.30. The van der Waals surface area contributed by atoms with Gasteiger partial charge >= 0.3 is 5.97 Å². The number of phenols is 2. The summed E-state index contributed by atoms with van der Waals surface area (Å²) in [4.78, 5) is 13.8. The van der Waals surface area contributed by atoms with Crippen molar-refractivity contribution in [1.82, 2.24) is 0 Å². The molecule has 6 aromatic rings. The topological polar surface area (TPSA) is 85.2 Å². The normalized spacial score (nSPS) is 14.1. The molecule has 1 atom stereocenters. The van der Waals surface area contributed by atoms with E-state index < -0.39 is 12.1 Å². The monoisotopic (exact) mass is 554 g/mol. The van der Waals surface area contributed by atoms with Gasteiger partial charge < -0.3 is 24.4 Å². The second-order valence-electron chi connectivity index (χ2n) is 10.3. The lowest BCUT2D eigenvalue weighted by molar-refractivity contribution is 0.0369. The summed E-state index contributed by atoms with van der Waals surface area (Å²) in [5, 5.41) is 23.4. The fraction of sp³-hybridized carbons (Fsp3) is 0.0833. The van der Waals surface area contributed by atoms with E-state index in [9.17, 15) is 15.0 Å². The number of carbonyl (C=O) groups is 1. The molecular weight excluding hydrogens is 528 g/mol. The zero-order chi connectivity index (χ0) is 29.0. The SMILES string of the molecule is COc1ccc(-c2c3ccc(OC)cc3c3c4c(cc(-c5ccc(O)cc5)cc24)C(=O)O[C@H]3c2ccc(O)cc2)cc1. The van der Waals surface area contributed by atoms with Crippen molar-refractivity contribution in [2.24, 2.45) is 0 Å². The maximum absolute atomic E-state index is 13.8. The lowest BCUT2D eigenvalue weighted by atomic mass is 9.81. The zero-order valence-electron chi connectivity index (χ0n) is 22.9. The van der Waals surface area contributed by atoms with Crippen molar-refractivity contribution < 1.29 is 29.2 Å². The Kier molecular flexibility index (Phi) is 5.98. The standard InChI is InChI=1S/C36H26O6/c1-40-26-13-7-21(8-14-26)32-28-16-15-27(41-2)19-29(28)34-33-30(32)17-23(20-3-9-24(37)10-4-20)18-31(33)36(39)42-35(34)22-5-11-25(38)12-6-22/h3-19,35,37-38H,1-2H3/t35-/m0/s1. The third-order valence-corrected chi connectivity index (χ3v) is 7.95. The van der Waals surface area contributed by atoms with Crippen LogP contribution < -0.4 is 9.47 Å². The summed E-state index contributed by atoms with van der Waals surface area (Å²) in [6.07, 6.45) is -0.702. The molecule has 0 aromatic heterocycles. The largest absolute Gasteiger partial charge is 0.508 e. The van der Waals surface area contributed by atoms with Crippen molar-refractivity contribution in [1.29, 1.82) is 0 Å². The molecule has 0 aliphatic carbocycles. The van der Waals surface area contributed by atoms with Crippen molar-refractivity contribution >= 4 is 27.5 Å². The number of carbonyl (C=O) groups excluding carboxylic acids is 1. The molecule has 7 rings (SSSR count). The fourth-order valence-corrected chi connectivity index (χ4v) is 5.94.